The van der Waals surface area contributed by atoms with Crippen LogP contribution in [0.4, 0.5) is 0 Å². The van der Waals surface area contributed by atoms with Crippen LogP contribution in [0.1, 0.15) is 37.2 Å². The third kappa shape index (κ3) is 3.62. The van der Waals surface area contributed by atoms with Gasteiger partial charge in [0, 0.05) is 12.7 Å². The maximum absolute atomic E-state index is 12.2. The number of sulfonamides is 1. The van der Waals surface area contributed by atoms with E-state index in [0.29, 0.717) is 13.0 Å². The van der Waals surface area contributed by atoms with Gasteiger partial charge >= 0.3 is 5.97 Å². The highest BCUT2D eigenvalue weighted by atomic mass is 32.2. The number of hydrogen-bond acceptors (Lipinski definition) is 3. The predicted molar refractivity (Wildman–Crippen MR) is 74.9 cm³/mol. The van der Waals surface area contributed by atoms with Gasteiger partial charge in [-0.2, -0.15) is 4.72 Å². The summed E-state index contributed by atoms with van der Waals surface area (Å²) in [7, 11) is -3.82. The zero-order chi connectivity index (χ0) is 15.3. The Morgan fingerprint density at radius 1 is 1.55 bits per heavy atom. The standard InChI is InChI=1S/C13H18N2O4S/c1-4-7-10(5-2)14-20(18,19)11-8-12(13(16)17)15(6-3)9-11/h2,8-10,14H,4,6-7H2,1,3H3,(H,16,17). The lowest BCUT2D eigenvalue weighted by Gasteiger charge is -2.11. The number of carbonyl (C=O) groups is 1. The van der Waals surface area contributed by atoms with Gasteiger partial charge in [-0.15, -0.1) is 6.42 Å². The molecule has 0 aliphatic heterocycles. The molecule has 1 aromatic heterocycles. The lowest BCUT2D eigenvalue weighted by Crippen LogP contribution is -2.33. The second kappa shape index (κ2) is 6.59. The largest absolute Gasteiger partial charge is 0.477 e. The Labute approximate surface area is 118 Å². The average molecular weight is 298 g/mol. The second-order valence-corrected chi connectivity index (χ2v) is 6.00. The maximum Gasteiger partial charge on any atom is 0.352 e. The molecule has 1 atom stereocenters. The van der Waals surface area contributed by atoms with Gasteiger partial charge in [0.25, 0.3) is 0 Å². The van der Waals surface area contributed by atoms with Crippen LogP contribution in [0.2, 0.25) is 0 Å². The first-order valence-electron chi connectivity index (χ1n) is 6.27. The van der Waals surface area contributed by atoms with E-state index >= 15 is 0 Å². The maximum atomic E-state index is 12.2. The molecule has 0 bridgehead atoms. The SMILES string of the molecule is C#CC(CCC)NS(=O)(=O)c1cc(C(=O)O)n(CC)c1. The van der Waals surface area contributed by atoms with Crippen LogP contribution < -0.4 is 4.72 Å². The minimum atomic E-state index is -3.82. The molecule has 0 saturated heterocycles. The molecule has 0 saturated carbocycles. The van der Waals surface area contributed by atoms with Gasteiger partial charge in [0.1, 0.15) is 10.6 Å². The van der Waals surface area contributed by atoms with E-state index in [-0.39, 0.29) is 10.6 Å². The summed E-state index contributed by atoms with van der Waals surface area (Å²) in [5.74, 6) is 1.20. The van der Waals surface area contributed by atoms with Crippen molar-refractivity contribution in [1.29, 1.82) is 0 Å². The van der Waals surface area contributed by atoms with Crippen molar-refractivity contribution in [1.82, 2.24) is 9.29 Å². The van der Waals surface area contributed by atoms with Crippen LogP contribution in [0.25, 0.3) is 0 Å². The summed E-state index contributed by atoms with van der Waals surface area (Å²) in [6, 6.07) is 0.538. The van der Waals surface area contributed by atoms with Crippen LogP contribution in [0.5, 0.6) is 0 Å². The third-order valence-corrected chi connectivity index (χ3v) is 4.26. The van der Waals surface area contributed by atoms with Gasteiger partial charge in [-0.05, 0) is 19.4 Å². The molecular formula is C13H18N2O4S. The number of hydrogen-bond donors (Lipinski definition) is 2. The van der Waals surface area contributed by atoms with Gasteiger partial charge in [-0.3, -0.25) is 0 Å². The van der Waals surface area contributed by atoms with Gasteiger partial charge in [0.2, 0.25) is 10.0 Å². The van der Waals surface area contributed by atoms with E-state index in [2.05, 4.69) is 10.6 Å². The quantitative estimate of drug-likeness (QED) is 0.742. The summed E-state index contributed by atoms with van der Waals surface area (Å²) in [4.78, 5) is 10.9. The van der Waals surface area contributed by atoms with Crippen LogP contribution in [0.3, 0.4) is 0 Å². The lowest BCUT2D eigenvalue weighted by atomic mass is 10.2. The molecule has 1 unspecified atom stereocenters. The van der Waals surface area contributed by atoms with E-state index in [1.807, 2.05) is 6.92 Å². The molecule has 1 rings (SSSR count). The van der Waals surface area contributed by atoms with Gasteiger partial charge in [0.15, 0.2) is 0 Å². The second-order valence-electron chi connectivity index (χ2n) is 4.28. The normalized spacial score (nSPS) is 12.8. The fourth-order valence-corrected chi connectivity index (χ4v) is 3.02. The number of aromatic carboxylic acids is 1. The van der Waals surface area contributed by atoms with Crippen LogP contribution in [0.15, 0.2) is 17.2 Å². The highest BCUT2D eigenvalue weighted by Crippen LogP contribution is 2.15. The average Bonchev–Trinajstić information content (AvgIpc) is 2.83. The van der Waals surface area contributed by atoms with E-state index in [4.69, 9.17) is 11.5 Å². The van der Waals surface area contributed by atoms with E-state index < -0.39 is 22.0 Å². The monoisotopic (exact) mass is 298 g/mol. The molecule has 0 aliphatic rings. The van der Waals surface area contributed by atoms with E-state index in [1.54, 1.807) is 6.92 Å². The Kier molecular flexibility index (Phi) is 5.36. The van der Waals surface area contributed by atoms with Crippen molar-refractivity contribution in [2.24, 2.45) is 0 Å². The highest BCUT2D eigenvalue weighted by Gasteiger charge is 2.23. The fourth-order valence-electron chi connectivity index (χ4n) is 1.79. The van der Waals surface area contributed by atoms with Crippen LogP contribution in [-0.4, -0.2) is 30.1 Å². The number of aromatic nitrogens is 1. The third-order valence-electron chi connectivity index (χ3n) is 2.82. The molecule has 0 radical (unpaired) electrons. The van der Waals surface area contributed by atoms with Crippen molar-refractivity contribution >= 4 is 16.0 Å². The van der Waals surface area contributed by atoms with Crippen LogP contribution in [-0.2, 0) is 16.6 Å². The van der Waals surface area contributed by atoms with E-state index in [0.717, 1.165) is 12.5 Å². The Balaban J connectivity index is 3.10. The molecule has 2 N–H and O–H groups in total. The van der Waals surface area contributed by atoms with Crippen molar-refractivity contribution < 1.29 is 18.3 Å². The molecule has 0 aliphatic carbocycles. The molecule has 0 fully saturated rings. The molecule has 110 valence electrons. The minimum absolute atomic E-state index is 0.0689. The number of aryl methyl sites for hydroxylation is 1. The van der Waals surface area contributed by atoms with Crippen LogP contribution >= 0.6 is 0 Å². The summed E-state index contributed by atoms with van der Waals surface area (Å²) in [6.45, 7) is 4.00. The lowest BCUT2D eigenvalue weighted by molar-refractivity contribution is 0.0685. The summed E-state index contributed by atoms with van der Waals surface area (Å²) >= 11 is 0. The Bertz CT molecular complexity index is 625. The summed E-state index contributed by atoms with van der Waals surface area (Å²) < 4.78 is 28.1. The Morgan fingerprint density at radius 2 is 2.20 bits per heavy atom. The van der Waals surface area contributed by atoms with Crippen molar-refractivity contribution in [3.05, 3.63) is 18.0 Å². The van der Waals surface area contributed by atoms with Crippen molar-refractivity contribution in [2.45, 2.75) is 44.2 Å². The molecular weight excluding hydrogens is 280 g/mol. The number of nitrogens with zero attached hydrogens (tertiary/aromatic N) is 1. The molecule has 7 heteroatoms. The number of terminal acetylenes is 1. The zero-order valence-corrected chi connectivity index (χ0v) is 12.3. The van der Waals surface area contributed by atoms with Gasteiger partial charge in [-0.25, -0.2) is 13.2 Å². The summed E-state index contributed by atoms with van der Waals surface area (Å²) in [5, 5.41) is 9.02. The predicted octanol–water partition coefficient (Wildman–Crippen LogP) is 1.29. The van der Waals surface area contributed by atoms with Gasteiger partial charge < -0.3 is 9.67 Å². The summed E-state index contributed by atoms with van der Waals surface area (Å²) in [5.41, 5.74) is -0.0689. The molecule has 0 aromatic carbocycles. The highest BCUT2D eigenvalue weighted by molar-refractivity contribution is 7.89. The fraction of sp³-hybridized carbons (Fsp3) is 0.462. The molecule has 0 spiro atoms. The first-order valence-corrected chi connectivity index (χ1v) is 7.76. The van der Waals surface area contributed by atoms with E-state index in [9.17, 15) is 13.2 Å². The first kappa shape index (κ1) is 16.3. The topological polar surface area (TPSA) is 88.4 Å². The molecule has 0 amide bonds. The van der Waals surface area contributed by atoms with Crippen molar-refractivity contribution in [3.63, 3.8) is 0 Å². The first-order chi connectivity index (χ1) is 9.35. The Hall–Kier alpha value is -1.78. The molecule has 1 aromatic rings. The zero-order valence-electron chi connectivity index (χ0n) is 11.5. The van der Waals surface area contributed by atoms with Gasteiger partial charge in [0.05, 0.1) is 6.04 Å². The number of carboxylic acids is 1. The van der Waals surface area contributed by atoms with E-state index in [1.165, 1.54) is 10.8 Å². The van der Waals surface area contributed by atoms with Crippen LogP contribution in [0, 0.1) is 12.3 Å². The smallest absolute Gasteiger partial charge is 0.352 e. The number of rotatable bonds is 7. The van der Waals surface area contributed by atoms with Crippen molar-refractivity contribution in [2.75, 3.05) is 0 Å². The number of carboxylic acid groups (broad SMARTS) is 1. The minimum Gasteiger partial charge on any atom is -0.477 e. The molecule has 1 heterocycles. The van der Waals surface area contributed by atoms with Crippen molar-refractivity contribution in [3.8, 4) is 12.3 Å². The molecule has 6 nitrogen and oxygen atoms in total. The Morgan fingerprint density at radius 3 is 2.60 bits per heavy atom. The molecule has 20 heavy (non-hydrogen) atoms. The van der Waals surface area contributed by atoms with Gasteiger partial charge in [-0.1, -0.05) is 19.3 Å². The summed E-state index contributed by atoms with van der Waals surface area (Å²) in [6.07, 6.45) is 7.84. The number of nitrogens with one attached hydrogen (secondary N) is 1.